The Morgan fingerprint density at radius 3 is 2.45 bits per heavy atom. The molecule has 3 aromatic rings. The molecule has 3 rings (SSSR count). The van der Waals surface area contributed by atoms with Crippen molar-refractivity contribution in [1.29, 1.82) is 0 Å². The molecule has 0 aliphatic rings. The maximum atomic E-state index is 12.4. The smallest absolute Gasteiger partial charge is 0.270 e. The Morgan fingerprint density at radius 2 is 1.82 bits per heavy atom. The fourth-order valence-corrected chi connectivity index (χ4v) is 5.12. The highest BCUT2D eigenvalue weighted by Gasteiger charge is 2.19. The quantitative estimate of drug-likeness (QED) is 0.170. The topological polar surface area (TPSA) is 101 Å². The Hall–Kier alpha value is -3.34. The van der Waals surface area contributed by atoms with Crippen molar-refractivity contribution in [3.8, 4) is 11.3 Å². The number of thiazole rings is 1. The molecule has 0 spiro atoms. The molecule has 1 N–H and O–H groups in total. The Morgan fingerprint density at radius 1 is 1.11 bits per heavy atom. The number of aromatic nitrogens is 1. The molecule has 10 heteroatoms. The second kappa shape index (κ2) is 14.0. The van der Waals surface area contributed by atoms with Crippen molar-refractivity contribution >= 4 is 28.1 Å². The summed E-state index contributed by atoms with van der Waals surface area (Å²) in [4.78, 5) is 32.7. The summed E-state index contributed by atoms with van der Waals surface area (Å²) < 4.78 is 4.99. The summed E-state index contributed by atoms with van der Waals surface area (Å²) >= 11 is 1.52. The molecule has 0 saturated carbocycles. The minimum atomic E-state index is -0.392. The van der Waals surface area contributed by atoms with E-state index in [9.17, 15) is 14.9 Å². The zero-order chi connectivity index (χ0) is 27.7. The number of nitrogens with one attached hydrogen (secondary N) is 1. The van der Waals surface area contributed by atoms with Gasteiger partial charge < -0.3 is 15.0 Å². The first-order valence-corrected chi connectivity index (χ1v) is 13.6. The Balaban J connectivity index is 1.82. The maximum absolute atomic E-state index is 12.4. The van der Waals surface area contributed by atoms with Crippen LogP contribution in [-0.4, -0.2) is 66.1 Å². The molecular weight excluding hydrogens is 502 g/mol. The molecule has 0 unspecified atom stereocenters. The number of carbonyl (C=O) groups is 1. The van der Waals surface area contributed by atoms with E-state index >= 15 is 0 Å². The van der Waals surface area contributed by atoms with Crippen molar-refractivity contribution in [2.45, 2.75) is 46.3 Å². The number of nitro groups is 1. The molecule has 1 aromatic heterocycles. The predicted molar refractivity (Wildman–Crippen MR) is 153 cm³/mol. The summed E-state index contributed by atoms with van der Waals surface area (Å²) in [7, 11) is 1.60. The van der Waals surface area contributed by atoms with E-state index in [1.54, 1.807) is 19.2 Å². The summed E-state index contributed by atoms with van der Waals surface area (Å²) in [6.45, 7) is 12.0. The normalized spacial score (nSPS) is 11.4. The standard InChI is InChI=1S/C28H37N5O4S/c1-20(2)32(21(3)4)15-14-31(18-22-9-11-23(12-10-22)27(34)29-13-16-37-5)28-30-26(19-38-28)24-7-6-8-25(17-24)33(35)36/h6-12,17,19-21H,13-16,18H2,1-5H3,(H,29,34). The van der Waals surface area contributed by atoms with E-state index < -0.39 is 4.92 Å². The number of methoxy groups -OCH3 is 1. The van der Waals surface area contributed by atoms with Crippen LogP contribution in [0.5, 0.6) is 0 Å². The van der Waals surface area contributed by atoms with Crippen molar-refractivity contribution in [2.24, 2.45) is 0 Å². The molecule has 1 heterocycles. The molecule has 0 aliphatic heterocycles. The third-order valence-corrected chi connectivity index (χ3v) is 7.15. The highest BCUT2D eigenvalue weighted by Crippen LogP contribution is 2.30. The molecule has 0 atom stereocenters. The molecule has 0 radical (unpaired) electrons. The van der Waals surface area contributed by atoms with Gasteiger partial charge in [-0.15, -0.1) is 11.3 Å². The number of hydrogen-bond acceptors (Lipinski definition) is 8. The van der Waals surface area contributed by atoms with Crippen molar-refractivity contribution in [1.82, 2.24) is 15.2 Å². The van der Waals surface area contributed by atoms with Gasteiger partial charge in [-0.1, -0.05) is 24.3 Å². The van der Waals surface area contributed by atoms with E-state index in [0.29, 0.717) is 43.0 Å². The van der Waals surface area contributed by atoms with E-state index in [4.69, 9.17) is 9.72 Å². The first-order valence-electron chi connectivity index (χ1n) is 12.8. The SMILES string of the molecule is COCCNC(=O)c1ccc(CN(CCN(C(C)C)C(C)C)c2nc(-c3cccc([N+](=O)[O-])c3)cs2)cc1. The van der Waals surface area contributed by atoms with Gasteiger partial charge in [0.15, 0.2) is 5.13 Å². The lowest BCUT2D eigenvalue weighted by atomic mass is 10.1. The van der Waals surface area contributed by atoms with Crippen LogP contribution in [0.15, 0.2) is 53.9 Å². The predicted octanol–water partition coefficient (Wildman–Crippen LogP) is 5.22. The second-order valence-electron chi connectivity index (χ2n) is 9.62. The third-order valence-electron chi connectivity index (χ3n) is 6.25. The van der Waals surface area contributed by atoms with Crippen LogP contribution in [0.4, 0.5) is 10.8 Å². The van der Waals surface area contributed by atoms with Crippen molar-refractivity contribution in [2.75, 3.05) is 38.3 Å². The molecule has 0 fully saturated rings. The van der Waals surface area contributed by atoms with Gasteiger partial charge in [0, 0.05) is 74.0 Å². The largest absolute Gasteiger partial charge is 0.383 e. The van der Waals surface area contributed by atoms with Gasteiger partial charge in [-0.3, -0.25) is 19.8 Å². The van der Waals surface area contributed by atoms with E-state index in [-0.39, 0.29) is 11.6 Å². The summed E-state index contributed by atoms with van der Waals surface area (Å²) in [5.41, 5.74) is 3.14. The minimum Gasteiger partial charge on any atom is -0.383 e. The van der Waals surface area contributed by atoms with Crippen LogP contribution >= 0.6 is 11.3 Å². The fraction of sp³-hybridized carbons (Fsp3) is 0.429. The lowest BCUT2D eigenvalue weighted by molar-refractivity contribution is -0.384. The van der Waals surface area contributed by atoms with Gasteiger partial charge >= 0.3 is 0 Å². The third kappa shape index (κ3) is 8.08. The Labute approximate surface area is 228 Å². The monoisotopic (exact) mass is 539 g/mol. The average molecular weight is 540 g/mol. The van der Waals surface area contributed by atoms with Crippen LogP contribution in [0.2, 0.25) is 0 Å². The number of amides is 1. The number of nitro benzene ring substituents is 1. The van der Waals surface area contributed by atoms with Crippen LogP contribution in [0.3, 0.4) is 0 Å². The second-order valence-corrected chi connectivity index (χ2v) is 10.5. The lowest BCUT2D eigenvalue weighted by Gasteiger charge is -2.33. The number of rotatable bonds is 14. The van der Waals surface area contributed by atoms with Gasteiger partial charge in [0.25, 0.3) is 11.6 Å². The van der Waals surface area contributed by atoms with E-state index in [1.807, 2.05) is 35.7 Å². The molecular formula is C28H37N5O4S. The first-order chi connectivity index (χ1) is 18.2. The summed E-state index contributed by atoms with van der Waals surface area (Å²) in [6, 6.07) is 15.0. The highest BCUT2D eigenvalue weighted by molar-refractivity contribution is 7.14. The Bertz CT molecular complexity index is 1190. The highest BCUT2D eigenvalue weighted by atomic mass is 32.1. The first kappa shape index (κ1) is 29.2. The molecule has 38 heavy (non-hydrogen) atoms. The van der Waals surface area contributed by atoms with E-state index in [2.05, 4.69) is 42.8 Å². The lowest BCUT2D eigenvalue weighted by Crippen LogP contribution is -2.42. The van der Waals surface area contributed by atoms with Crippen molar-refractivity contribution in [3.63, 3.8) is 0 Å². The minimum absolute atomic E-state index is 0.0461. The summed E-state index contributed by atoms with van der Waals surface area (Å²) in [5.74, 6) is -0.128. The Kier molecular flexibility index (Phi) is 10.8. The maximum Gasteiger partial charge on any atom is 0.270 e. The van der Waals surface area contributed by atoms with Crippen molar-refractivity contribution < 1.29 is 14.5 Å². The van der Waals surface area contributed by atoms with Gasteiger partial charge in [0.05, 0.1) is 17.2 Å². The molecule has 1 amide bonds. The number of carbonyl (C=O) groups excluding carboxylic acids is 1. The number of benzene rings is 2. The number of nitrogens with zero attached hydrogens (tertiary/aromatic N) is 4. The number of non-ortho nitro benzene ring substituents is 1. The molecule has 0 aliphatic carbocycles. The van der Waals surface area contributed by atoms with Crippen LogP contribution in [0.1, 0.15) is 43.6 Å². The van der Waals surface area contributed by atoms with Gasteiger partial charge in [0.1, 0.15) is 0 Å². The molecule has 0 saturated heterocycles. The molecule has 204 valence electrons. The summed E-state index contributed by atoms with van der Waals surface area (Å²) in [5, 5.41) is 16.9. The zero-order valence-electron chi connectivity index (χ0n) is 22.7. The van der Waals surface area contributed by atoms with Gasteiger partial charge in [-0.2, -0.15) is 0 Å². The number of anilines is 1. The average Bonchev–Trinajstić information content (AvgIpc) is 3.38. The van der Waals surface area contributed by atoms with E-state index in [0.717, 1.165) is 29.3 Å². The van der Waals surface area contributed by atoms with Crippen LogP contribution < -0.4 is 10.2 Å². The van der Waals surface area contributed by atoms with E-state index in [1.165, 1.54) is 17.4 Å². The number of ether oxygens (including phenoxy) is 1. The molecule has 9 nitrogen and oxygen atoms in total. The van der Waals surface area contributed by atoms with Crippen molar-refractivity contribution in [3.05, 3.63) is 75.2 Å². The zero-order valence-corrected chi connectivity index (χ0v) is 23.5. The van der Waals surface area contributed by atoms with Crippen LogP contribution in [0.25, 0.3) is 11.3 Å². The van der Waals surface area contributed by atoms with Crippen LogP contribution in [0, 0.1) is 10.1 Å². The molecule has 0 bridgehead atoms. The molecule has 2 aromatic carbocycles. The fourth-order valence-electron chi connectivity index (χ4n) is 4.26. The number of hydrogen-bond donors (Lipinski definition) is 1. The van der Waals surface area contributed by atoms with Crippen LogP contribution in [-0.2, 0) is 11.3 Å². The van der Waals surface area contributed by atoms with Gasteiger partial charge in [-0.05, 0) is 45.4 Å². The van der Waals surface area contributed by atoms with Gasteiger partial charge in [0.2, 0.25) is 0 Å². The summed E-state index contributed by atoms with van der Waals surface area (Å²) in [6.07, 6.45) is 0. The van der Waals surface area contributed by atoms with Gasteiger partial charge in [-0.25, -0.2) is 4.98 Å².